The fraction of sp³-hybridized carbons (Fsp3) is 0.647. The quantitative estimate of drug-likeness (QED) is 0.748. The first-order valence-electron chi connectivity index (χ1n) is 7.73. The zero-order valence-corrected chi connectivity index (χ0v) is 13.8. The summed E-state index contributed by atoms with van der Waals surface area (Å²) < 4.78 is 0. The van der Waals surface area contributed by atoms with Crippen molar-refractivity contribution in [2.75, 3.05) is 45.7 Å². The third kappa shape index (κ3) is 5.93. The molecule has 114 valence electrons. The van der Waals surface area contributed by atoms with Crippen molar-refractivity contribution in [1.29, 1.82) is 0 Å². The van der Waals surface area contributed by atoms with Crippen LogP contribution >= 0.6 is 0 Å². The minimum atomic E-state index is 0.433. The summed E-state index contributed by atoms with van der Waals surface area (Å²) in [6, 6.07) is 9.38. The lowest BCUT2D eigenvalue weighted by molar-refractivity contribution is 0.401. The van der Waals surface area contributed by atoms with Gasteiger partial charge in [-0.25, -0.2) is 0 Å². The Morgan fingerprint density at radius 2 is 1.70 bits per heavy atom. The van der Waals surface area contributed by atoms with E-state index < -0.39 is 0 Å². The van der Waals surface area contributed by atoms with E-state index in [9.17, 15) is 0 Å². The molecule has 1 unspecified atom stereocenters. The number of nitrogens with one attached hydrogen (secondary N) is 1. The lowest BCUT2D eigenvalue weighted by atomic mass is 10.1. The number of hydrogen-bond acceptors (Lipinski definition) is 3. The Kier molecular flexibility index (Phi) is 7.63. The van der Waals surface area contributed by atoms with Crippen LogP contribution in [0.4, 0.5) is 5.69 Å². The molecule has 0 saturated heterocycles. The summed E-state index contributed by atoms with van der Waals surface area (Å²) >= 11 is 0. The minimum absolute atomic E-state index is 0.433. The highest BCUT2D eigenvalue weighted by Crippen LogP contribution is 2.18. The predicted octanol–water partition coefficient (Wildman–Crippen LogP) is 3.14. The number of benzene rings is 1. The maximum Gasteiger partial charge on any atom is 0.0363 e. The molecule has 0 amide bonds. The average Bonchev–Trinajstić information content (AvgIpc) is 2.44. The van der Waals surface area contributed by atoms with Crippen LogP contribution in [-0.2, 0) is 0 Å². The fourth-order valence-electron chi connectivity index (χ4n) is 2.25. The molecule has 20 heavy (non-hydrogen) atoms. The van der Waals surface area contributed by atoms with Crippen LogP contribution in [0.25, 0.3) is 0 Å². The van der Waals surface area contributed by atoms with Gasteiger partial charge in [-0.1, -0.05) is 19.1 Å². The van der Waals surface area contributed by atoms with Crippen molar-refractivity contribution in [1.82, 2.24) is 10.2 Å². The summed E-state index contributed by atoms with van der Waals surface area (Å²) in [7, 11) is 6.42. The molecule has 0 aromatic heterocycles. The standard InChI is InChI=1S/C17H31N3/c1-6-12-18-15(2)16-8-10-17(11-9-16)20(5)14-7-13-19(3)4/h8-11,15,18H,6-7,12-14H2,1-5H3. The van der Waals surface area contributed by atoms with E-state index >= 15 is 0 Å². The maximum atomic E-state index is 3.52. The van der Waals surface area contributed by atoms with Gasteiger partial charge < -0.3 is 15.1 Å². The van der Waals surface area contributed by atoms with E-state index in [1.807, 2.05) is 0 Å². The molecule has 0 radical (unpaired) electrons. The molecule has 1 rings (SSSR count). The lowest BCUT2D eigenvalue weighted by Gasteiger charge is -2.21. The molecular formula is C17H31N3. The van der Waals surface area contributed by atoms with E-state index in [4.69, 9.17) is 0 Å². The molecule has 1 aromatic rings. The Balaban J connectivity index is 2.48. The molecule has 0 saturated carbocycles. The van der Waals surface area contributed by atoms with Gasteiger partial charge in [-0.2, -0.15) is 0 Å². The molecule has 3 nitrogen and oxygen atoms in total. The van der Waals surface area contributed by atoms with Gasteiger partial charge in [-0.3, -0.25) is 0 Å². The second kappa shape index (κ2) is 8.98. The third-order valence-electron chi connectivity index (χ3n) is 3.63. The molecule has 0 bridgehead atoms. The van der Waals surface area contributed by atoms with Crippen LogP contribution in [0.3, 0.4) is 0 Å². The molecule has 0 aliphatic rings. The highest BCUT2D eigenvalue weighted by Gasteiger charge is 2.05. The molecule has 0 aliphatic heterocycles. The first-order valence-corrected chi connectivity index (χ1v) is 7.73. The minimum Gasteiger partial charge on any atom is -0.375 e. The van der Waals surface area contributed by atoms with Crippen LogP contribution in [0.5, 0.6) is 0 Å². The molecule has 0 spiro atoms. The molecular weight excluding hydrogens is 246 g/mol. The maximum absolute atomic E-state index is 3.52. The largest absolute Gasteiger partial charge is 0.375 e. The number of hydrogen-bond donors (Lipinski definition) is 1. The first-order chi connectivity index (χ1) is 9.54. The van der Waals surface area contributed by atoms with Gasteiger partial charge in [-0.05, 0) is 64.6 Å². The smallest absolute Gasteiger partial charge is 0.0363 e. The van der Waals surface area contributed by atoms with Gasteiger partial charge in [0.15, 0.2) is 0 Å². The SMILES string of the molecule is CCCNC(C)c1ccc(N(C)CCCN(C)C)cc1. The molecule has 1 N–H and O–H groups in total. The summed E-state index contributed by atoms with van der Waals surface area (Å²) in [4.78, 5) is 4.56. The van der Waals surface area contributed by atoms with Crippen molar-refractivity contribution in [2.45, 2.75) is 32.7 Å². The van der Waals surface area contributed by atoms with E-state index in [1.54, 1.807) is 0 Å². The zero-order valence-electron chi connectivity index (χ0n) is 13.8. The molecule has 0 aliphatic carbocycles. The summed E-state index contributed by atoms with van der Waals surface area (Å²) in [5, 5.41) is 3.52. The Hall–Kier alpha value is -1.06. The van der Waals surface area contributed by atoms with Crippen molar-refractivity contribution in [3.05, 3.63) is 29.8 Å². The Morgan fingerprint density at radius 1 is 1.05 bits per heavy atom. The van der Waals surface area contributed by atoms with E-state index in [2.05, 4.69) is 74.4 Å². The normalized spacial score (nSPS) is 12.7. The van der Waals surface area contributed by atoms with Crippen molar-refractivity contribution < 1.29 is 0 Å². The molecule has 3 heteroatoms. The summed E-state index contributed by atoms with van der Waals surface area (Å²) in [5.74, 6) is 0. The molecule has 1 aromatic carbocycles. The monoisotopic (exact) mass is 277 g/mol. The molecule has 1 atom stereocenters. The Labute approximate surface area is 125 Å². The van der Waals surface area contributed by atoms with E-state index in [0.717, 1.165) is 19.6 Å². The highest BCUT2D eigenvalue weighted by molar-refractivity contribution is 5.47. The lowest BCUT2D eigenvalue weighted by Crippen LogP contribution is -2.23. The Morgan fingerprint density at radius 3 is 2.25 bits per heavy atom. The number of anilines is 1. The van der Waals surface area contributed by atoms with Crippen LogP contribution in [0.2, 0.25) is 0 Å². The summed E-state index contributed by atoms with van der Waals surface area (Å²) in [6.45, 7) is 7.74. The van der Waals surface area contributed by atoms with E-state index in [0.29, 0.717) is 6.04 Å². The van der Waals surface area contributed by atoms with Gasteiger partial charge in [0, 0.05) is 25.3 Å². The van der Waals surface area contributed by atoms with Gasteiger partial charge >= 0.3 is 0 Å². The van der Waals surface area contributed by atoms with Crippen LogP contribution in [0.1, 0.15) is 38.3 Å². The van der Waals surface area contributed by atoms with E-state index in [1.165, 1.54) is 24.1 Å². The third-order valence-corrected chi connectivity index (χ3v) is 3.63. The first kappa shape index (κ1) is 17.0. The van der Waals surface area contributed by atoms with E-state index in [-0.39, 0.29) is 0 Å². The second-order valence-electron chi connectivity index (χ2n) is 5.85. The zero-order chi connectivity index (χ0) is 15.0. The van der Waals surface area contributed by atoms with Crippen molar-refractivity contribution in [3.8, 4) is 0 Å². The predicted molar refractivity (Wildman–Crippen MR) is 89.6 cm³/mol. The van der Waals surface area contributed by atoms with Crippen molar-refractivity contribution in [3.63, 3.8) is 0 Å². The number of rotatable bonds is 9. The average molecular weight is 277 g/mol. The fourth-order valence-corrected chi connectivity index (χ4v) is 2.25. The van der Waals surface area contributed by atoms with Gasteiger partial charge in [0.1, 0.15) is 0 Å². The van der Waals surface area contributed by atoms with Gasteiger partial charge in [0.25, 0.3) is 0 Å². The summed E-state index contributed by atoms with van der Waals surface area (Å²) in [6.07, 6.45) is 2.37. The van der Waals surface area contributed by atoms with Crippen LogP contribution in [0.15, 0.2) is 24.3 Å². The van der Waals surface area contributed by atoms with Crippen LogP contribution in [-0.4, -0.2) is 45.7 Å². The topological polar surface area (TPSA) is 18.5 Å². The highest BCUT2D eigenvalue weighted by atomic mass is 15.1. The van der Waals surface area contributed by atoms with Gasteiger partial charge in [0.2, 0.25) is 0 Å². The molecule has 0 fully saturated rings. The van der Waals surface area contributed by atoms with Crippen LogP contribution < -0.4 is 10.2 Å². The Bertz CT molecular complexity index is 359. The van der Waals surface area contributed by atoms with Crippen molar-refractivity contribution in [2.24, 2.45) is 0 Å². The van der Waals surface area contributed by atoms with Crippen molar-refractivity contribution >= 4 is 5.69 Å². The number of nitrogens with zero attached hydrogens (tertiary/aromatic N) is 2. The van der Waals surface area contributed by atoms with Gasteiger partial charge in [-0.15, -0.1) is 0 Å². The second-order valence-corrected chi connectivity index (χ2v) is 5.85. The van der Waals surface area contributed by atoms with Gasteiger partial charge in [0.05, 0.1) is 0 Å². The summed E-state index contributed by atoms with van der Waals surface area (Å²) in [5.41, 5.74) is 2.67. The molecule has 0 heterocycles. The van der Waals surface area contributed by atoms with Crippen LogP contribution in [0, 0.1) is 0 Å².